The molecule has 5 heteroatoms. The Morgan fingerprint density at radius 3 is 2.05 bits per heavy atom. The molecule has 0 aliphatic rings. The van der Waals surface area contributed by atoms with Crippen molar-refractivity contribution < 1.29 is 8.83 Å². The van der Waals surface area contributed by atoms with Crippen LogP contribution in [0.5, 0.6) is 0 Å². The van der Waals surface area contributed by atoms with E-state index in [1.54, 1.807) is 11.3 Å². The van der Waals surface area contributed by atoms with Crippen LogP contribution in [0, 0.1) is 0 Å². The summed E-state index contributed by atoms with van der Waals surface area (Å²) in [5.41, 5.74) is 8.71. The molecule has 0 bridgehead atoms. The molecule has 3 aromatic heterocycles. The summed E-state index contributed by atoms with van der Waals surface area (Å²) in [6, 6.07) is 46.0. The lowest BCUT2D eigenvalue weighted by Crippen LogP contribution is -2.09. The monoisotopic (exact) mass is 558 g/mol. The third-order valence-electron chi connectivity index (χ3n) is 7.89. The van der Waals surface area contributed by atoms with Crippen LogP contribution in [0.3, 0.4) is 0 Å². The number of nitrogens with zero attached hydrogens (tertiary/aromatic N) is 2. The third kappa shape index (κ3) is 3.57. The van der Waals surface area contributed by atoms with E-state index in [0.717, 1.165) is 81.7 Å². The zero-order valence-electron chi connectivity index (χ0n) is 22.3. The van der Waals surface area contributed by atoms with E-state index in [1.165, 1.54) is 0 Å². The molecule has 0 saturated carbocycles. The van der Waals surface area contributed by atoms with Crippen LogP contribution in [0.1, 0.15) is 0 Å². The van der Waals surface area contributed by atoms with Gasteiger partial charge in [-0.1, -0.05) is 66.7 Å². The van der Waals surface area contributed by atoms with Gasteiger partial charge in [0.2, 0.25) is 0 Å². The molecule has 0 fully saturated rings. The summed E-state index contributed by atoms with van der Waals surface area (Å²) in [5, 5.41) is 5.42. The van der Waals surface area contributed by atoms with Crippen LogP contribution < -0.4 is 4.90 Å². The molecule has 0 N–H and O–H groups in total. The van der Waals surface area contributed by atoms with Gasteiger partial charge in [0.15, 0.2) is 0 Å². The first-order chi connectivity index (χ1) is 20.8. The Hall–Kier alpha value is -5.39. The van der Waals surface area contributed by atoms with E-state index in [-0.39, 0.29) is 0 Å². The lowest BCUT2D eigenvalue weighted by atomic mass is 10.1. The Morgan fingerprint density at radius 1 is 0.500 bits per heavy atom. The molecule has 6 aromatic carbocycles. The first-order valence-corrected chi connectivity index (χ1v) is 14.7. The first-order valence-electron chi connectivity index (χ1n) is 13.9. The van der Waals surface area contributed by atoms with E-state index >= 15 is 0 Å². The summed E-state index contributed by atoms with van der Waals surface area (Å²) < 4.78 is 13.8. The van der Waals surface area contributed by atoms with Crippen molar-refractivity contribution in [2.75, 3.05) is 4.90 Å². The number of benzene rings is 6. The molecule has 9 rings (SSSR count). The second kappa shape index (κ2) is 9.06. The van der Waals surface area contributed by atoms with E-state index in [2.05, 4.69) is 108 Å². The van der Waals surface area contributed by atoms with Crippen LogP contribution >= 0.6 is 11.3 Å². The average Bonchev–Trinajstić information content (AvgIpc) is 3.75. The lowest BCUT2D eigenvalue weighted by Gasteiger charge is -2.25. The fourth-order valence-corrected chi connectivity index (χ4v) is 7.08. The topological polar surface area (TPSA) is 42.4 Å². The second-order valence-corrected chi connectivity index (χ2v) is 11.4. The van der Waals surface area contributed by atoms with E-state index in [4.69, 9.17) is 13.8 Å². The van der Waals surface area contributed by atoms with Gasteiger partial charge in [0.05, 0.1) is 10.2 Å². The van der Waals surface area contributed by atoms with Crippen LogP contribution in [-0.2, 0) is 0 Å². The summed E-state index contributed by atoms with van der Waals surface area (Å²) >= 11 is 1.71. The Balaban J connectivity index is 1.26. The number of hydrogen-bond acceptors (Lipinski definition) is 5. The van der Waals surface area contributed by atoms with E-state index in [0.29, 0.717) is 0 Å². The lowest BCUT2D eigenvalue weighted by molar-refractivity contribution is 0.668. The fourth-order valence-electron chi connectivity index (χ4n) is 5.96. The van der Waals surface area contributed by atoms with Gasteiger partial charge in [-0.05, 0) is 60.7 Å². The molecular weight excluding hydrogens is 536 g/mol. The largest absolute Gasteiger partial charge is 0.456 e. The van der Waals surface area contributed by atoms with Gasteiger partial charge in [-0.25, -0.2) is 4.98 Å². The van der Waals surface area contributed by atoms with Gasteiger partial charge in [0.1, 0.15) is 27.3 Å². The van der Waals surface area contributed by atoms with Crippen molar-refractivity contribution in [1.82, 2.24) is 4.98 Å². The molecule has 0 spiro atoms. The quantitative estimate of drug-likeness (QED) is 0.215. The number of anilines is 3. The Bertz CT molecular complexity index is 2420. The van der Waals surface area contributed by atoms with Crippen LogP contribution in [0.2, 0.25) is 0 Å². The van der Waals surface area contributed by atoms with Gasteiger partial charge in [-0.15, -0.1) is 11.3 Å². The maximum absolute atomic E-state index is 6.36. The first kappa shape index (κ1) is 23.3. The molecule has 0 radical (unpaired) electrons. The zero-order chi connectivity index (χ0) is 27.6. The van der Waals surface area contributed by atoms with Gasteiger partial charge in [0, 0.05) is 50.2 Å². The van der Waals surface area contributed by atoms with Crippen LogP contribution in [-0.4, -0.2) is 4.98 Å². The van der Waals surface area contributed by atoms with Crippen molar-refractivity contribution in [2.45, 2.75) is 0 Å². The highest BCUT2D eigenvalue weighted by molar-refractivity contribution is 7.22. The third-order valence-corrected chi connectivity index (χ3v) is 9.02. The van der Waals surface area contributed by atoms with E-state index in [1.807, 2.05) is 30.3 Å². The molecule has 0 aliphatic carbocycles. The highest BCUT2D eigenvalue weighted by Crippen LogP contribution is 2.43. The summed E-state index contributed by atoms with van der Waals surface area (Å²) in [7, 11) is 0. The summed E-state index contributed by atoms with van der Waals surface area (Å²) in [6.07, 6.45) is 0. The molecule has 4 nitrogen and oxygen atoms in total. The molecule has 9 aromatic rings. The van der Waals surface area contributed by atoms with Crippen molar-refractivity contribution in [2.24, 2.45) is 0 Å². The Morgan fingerprint density at radius 2 is 1.17 bits per heavy atom. The van der Waals surface area contributed by atoms with Crippen LogP contribution in [0.25, 0.3) is 64.7 Å². The zero-order valence-corrected chi connectivity index (χ0v) is 23.1. The van der Waals surface area contributed by atoms with Crippen molar-refractivity contribution in [3.05, 3.63) is 133 Å². The number of thiazole rings is 1. The molecule has 0 amide bonds. The van der Waals surface area contributed by atoms with Crippen LogP contribution in [0.15, 0.2) is 142 Å². The minimum absolute atomic E-state index is 0.858. The minimum Gasteiger partial charge on any atom is -0.456 e. The van der Waals surface area contributed by atoms with Crippen molar-refractivity contribution in [3.8, 4) is 10.6 Å². The SMILES string of the molecule is c1ccc(-c2nc3ccc4oc5ccc(N(c6ccccc6)c6ccc7c(c6)oc6ccccc67)cc5c4c3s2)cc1. The van der Waals surface area contributed by atoms with Gasteiger partial charge in [-0.3, -0.25) is 0 Å². The smallest absolute Gasteiger partial charge is 0.137 e. The molecule has 0 unspecified atom stereocenters. The van der Waals surface area contributed by atoms with Gasteiger partial charge in [-0.2, -0.15) is 0 Å². The molecule has 198 valence electrons. The predicted molar refractivity (Wildman–Crippen MR) is 174 cm³/mol. The predicted octanol–water partition coefficient (Wildman–Crippen LogP) is 11.2. The van der Waals surface area contributed by atoms with Crippen molar-refractivity contribution in [3.63, 3.8) is 0 Å². The molecule has 3 heterocycles. The fraction of sp³-hybridized carbons (Fsp3) is 0. The number of furan rings is 2. The normalized spacial score (nSPS) is 11.8. The standard InChI is InChI=1S/C37H22N2O2S/c1-3-9-23(10-4-1)37-38-30-18-20-33-35(36(30)42-37)29-21-25(16-19-32(29)40-33)39(24-11-5-2-6-12-24)26-15-17-28-27-13-7-8-14-31(27)41-34(28)22-26/h1-22H. The van der Waals surface area contributed by atoms with Gasteiger partial charge < -0.3 is 13.7 Å². The maximum Gasteiger partial charge on any atom is 0.137 e. The number of rotatable bonds is 4. The number of fused-ring (bicyclic) bond motifs is 8. The van der Waals surface area contributed by atoms with Gasteiger partial charge >= 0.3 is 0 Å². The molecule has 0 atom stereocenters. The van der Waals surface area contributed by atoms with E-state index in [9.17, 15) is 0 Å². The molecule has 0 saturated heterocycles. The number of aromatic nitrogens is 1. The van der Waals surface area contributed by atoms with Crippen molar-refractivity contribution >= 4 is 82.5 Å². The van der Waals surface area contributed by atoms with Crippen LogP contribution in [0.4, 0.5) is 17.1 Å². The van der Waals surface area contributed by atoms with E-state index < -0.39 is 0 Å². The second-order valence-electron chi connectivity index (χ2n) is 10.4. The number of para-hydroxylation sites is 2. The Kier molecular flexibility index (Phi) is 5.03. The minimum atomic E-state index is 0.858. The number of hydrogen-bond donors (Lipinski definition) is 0. The van der Waals surface area contributed by atoms with Crippen molar-refractivity contribution in [1.29, 1.82) is 0 Å². The maximum atomic E-state index is 6.36. The molecule has 0 aliphatic heterocycles. The summed E-state index contributed by atoms with van der Waals surface area (Å²) in [6.45, 7) is 0. The Labute approximate surface area is 244 Å². The highest BCUT2D eigenvalue weighted by atomic mass is 32.1. The average molecular weight is 559 g/mol. The molecule has 42 heavy (non-hydrogen) atoms. The highest BCUT2D eigenvalue weighted by Gasteiger charge is 2.19. The summed E-state index contributed by atoms with van der Waals surface area (Å²) in [5.74, 6) is 0. The summed E-state index contributed by atoms with van der Waals surface area (Å²) in [4.78, 5) is 7.25. The van der Waals surface area contributed by atoms with Gasteiger partial charge in [0.25, 0.3) is 0 Å². The molecular formula is C37H22N2O2S.